The van der Waals surface area contributed by atoms with Crippen molar-refractivity contribution < 1.29 is 0 Å². The fourth-order valence-corrected chi connectivity index (χ4v) is 4.11. The van der Waals surface area contributed by atoms with Crippen molar-refractivity contribution in [2.75, 3.05) is 13.1 Å². The fraction of sp³-hybridized carbons (Fsp3) is 1.00. The van der Waals surface area contributed by atoms with Crippen molar-refractivity contribution >= 4 is 0 Å². The van der Waals surface area contributed by atoms with Gasteiger partial charge in [0.05, 0.1) is 0 Å². The fourth-order valence-electron chi connectivity index (χ4n) is 4.11. The first kappa shape index (κ1) is 9.21. The molecule has 0 aromatic rings. The summed E-state index contributed by atoms with van der Waals surface area (Å²) in [6, 6.07) is 0.991. The molecule has 1 aliphatic heterocycles. The van der Waals surface area contributed by atoms with Crippen molar-refractivity contribution in [3.05, 3.63) is 0 Å². The number of nitrogens with zero attached hydrogens (tertiary/aromatic N) is 1. The van der Waals surface area contributed by atoms with Gasteiger partial charge in [0.1, 0.15) is 0 Å². The van der Waals surface area contributed by atoms with Crippen LogP contribution in [0.1, 0.15) is 51.4 Å². The van der Waals surface area contributed by atoms with Crippen LogP contribution in [0.5, 0.6) is 0 Å². The summed E-state index contributed by atoms with van der Waals surface area (Å²) in [5.41, 5.74) is 0. The van der Waals surface area contributed by atoms with Crippen LogP contribution in [0.15, 0.2) is 0 Å². The normalized spacial score (nSPS) is 44.1. The second-order valence-electron chi connectivity index (χ2n) is 5.67. The van der Waals surface area contributed by atoms with Gasteiger partial charge in [0.25, 0.3) is 0 Å². The van der Waals surface area contributed by atoms with Crippen LogP contribution in [-0.4, -0.2) is 24.0 Å². The van der Waals surface area contributed by atoms with Crippen LogP contribution >= 0.6 is 0 Å². The molecule has 3 aliphatic rings. The molecule has 2 aliphatic carbocycles. The van der Waals surface area contributed by atoms with E-state index >= 15 is 0 Å². The predicted molar refractivity (Wildman–Crippen MR) is 59.3 cm³/mol. The van der Waals surface area contributed by atoms with E-state index < -0.39 is 0 Å². The smallest absolute Gasteiger partial charge is 0.0101 e. The molecule has 1 heteroatoms. The summed E-state index contributed by atoms with van der Waals surface area (Å²) < 4.78 is 0. The maximum atomic E-state index is 2.79. The van der Waals surface area contributed by atoms with E-state index in [1.54, 1.807) is 25.7 Å². The molecule has 1 nitrogen and oxygen atoms in total. The lowest BCUT2D eigenvalue weighted by atomic mass is 9.82. The van der Waals surface area contributed by atoms with E-state index in [-0.39, 0.29) is 0 Å². The van der Waals surface area contributed by atoms with Crippen molar-refractivity contribution in [2.45, 2.75) is 57.4 Å². The highest BCUT2D eigenvalue weighted by Gasteiger charge is 2.38. The van der Waals surface area contributed by atoms with Gasteiger partial charge in [-0.25, -0.2) is 0 Å². The molecule has 0 radical (unpaired) electrons. The molecule has 0 N–H and O–H groups in total. The maximum absolute atomic E-state index is 2.79. The molecule has 2 atom stereocenters. The van der Waals surface area contributed by atoms with Gasteiger partial charge in [0.2, 0.25) is 0 Å². The zero-order valence-corrected chi connectivity index (χ0v) is 9.25. The van der Waals surface area contributed by atoms with Crippen molar-refractivity contribution in [1.29, 1.82) is 0 Å². The highest BCUT2D eigenvalue weighted by atomic mass is 15.2. The van der Waals surface area contributed by atoms with Crippen molar-refractivity contribution in [3.63, 3.8) is 0 Å². The van der Waals surface area contributed by atoms with Gasteiger partial charge in [0.15, 0.2) is 0 Å². The van der Waals surface area contributed by atoms with Gasteiger partial charge >= 0.3 is 0 Å². The molecule has 0 aromatic heterocycles. The van der Waals surface area contributed by atoms with Crippen LogP contribution in [0.4, 0.5) is 0 Å². The Morgan fingerprint density at radius 3 is 1.86 bits per heavy atom. The molecular weight excluding hydrogens is 170 g/mol. The van der Waals surface area contributed by atoms with Gasteiger partial charge in [-0.15, -0.1) is 0 Å². The summed E-state index contributed by atoms with van der Waals surface area (Å²) in [6.45, 7) is 2.81. The third kappa shape index (κ3) is 1.60. The summed E-state index contributed by atoms with van der Waals surface area (Å²) in [4.78, 5) is 2.79. The Balaban J connectivity index is 1.61. The van der Waals surface area contributed by atoms with Gasteiger partial charge < -0.3 is 4.90 Å². The topological polar surface area (TPSA) is 3.24 Å². The Morgan fingerprint density at radius 2 is 1.29 bits per heavy atom. The summed E-state index contributed by atoms with van der Waals surface area (Å²) >= 11 is 0. The minimum atomic E-state index is 0.991. The van der Waals surface area contributed by atoms with Crippen LogP contribution in [-0.2, 0) is 0 Å². The summed E-state index contributed by atoms with van der Waals surface area (Å²) in [5, 5.41) is 0. The first-order chi connectivity index (χ1) is 6.93. The van der Waals surface area contributed by atoms with Gasteiger partial charge in [0, 0.05) is 6.04 Å². The number of hydrogen-bond donors (Lipinski definition) is 0. The number of fused-ring (bicyclic) bond motifs is 1. The largest absolute Gasteiger partial charge is 0.300 e. The second kappa shape index (κ2) is 3.84. The molecule has 2 saturated carbocycles. The minimum Gasteiger partial charge on any atom is -0.300 e. The lowest BCUT2D eigenvalue weighted by Gasteiger charge is -2.24. The minimum absolute atomic E-state index is 0.991. The van der Waals surface area contributed by atoms with Crippen LogP contribution < -0.4 is 0 Å². The summed E-state index contributed by atoms with van der Waals surface area (Å²) in [6.07, 6.45) is 12.2. The highest BCUT2D eigenvalue weighted by molar-refractivity contribution is 4.91. The predicted octanol–water partition coefficient (Wildman–Crippen LogP) is 3.05. The molecule has 3 fully saturated rings. The van der Waals surface area contributed by atoms with Gasteiger partial charge in [-0.05, 0) is 50.6 Å². The average molecular weight is 193 g/mol. The van der Waals surface area contributed by atoms with E-state index in [0.717, 1.165) is 17.9 Å². The first-order valence-corrected chi connectivity index (χ1v) is 6.67. The Morgan fingerprint density at radius 1 is 0.714 bits per heavy atom. The third-order valence-electron chi connectivity index (χ3n) is 4.87. The van der Waals surface area contributed by atoms with Gasteiger partial charge in [-0.2, -0.15) is 0 Å². The maximum Gasteiger partial charge on any atom is 0.0101 e. The Labute approximate surface area is 87.9 Å². The third-order valence-corrected chi connectivity index (χ3v) is 4.87. The standard InChI is InChI=1S/C13H23N/c1-2-6-12-10-13(9-11(12)5-1)14-7-3-4-8-14/h11-13H,1-10H2. The molecule has 2 unspecified atom stereocenters. The molecule has 14 heavy (non-hydrogen) atoms. The van der Waals surface area contributed by atoms with E-state index in [4.69, 9.17) is 0 Å². The monoisotopic (exact) mass is 193 g/mol. The van der Waals surface area contributed by atoms with Crippen LogP contribution in [0.25, 0.3) is 0 Å². The van der Waals surface area contributed by atoms with Crippen molar-refractivity contribution in [2.24, 2.45) is 11.8 Å². The van der Waals surface area contributed by atoms with E-state index in [1.165, 1.54) is 38.8 Å². The van der Waals surface area contributed by atoms with Crippen molar-refractivity contribution in [3.8, 4) is 0 Å². The Hall–Kier alpha value is -0.0400. The SMILES string of the molecule is C1CCC2CC(N3CCCC3)CC2C1. The van der Waals surface area contributed by atoms with E-state index in [1.807, 2.05) is 0 Å². The van der Waals surface area contributed by atoms with E-state index in [0.29, 0.717) is 0 Å². The van der Waals surface area contributed by atoms with E-state index in [2.05, 4.69) is 4.90 Å². The zero-order valence-electron chi connectivity index (χ0n) is 9.25. The lowest BCUT2D eigenvalue weighted by molar-refractivity contribution is 0.239. The summed E-state index contributed by atoms with van der Waals surface area (Å²) in [5.74, 6) is 2.24. The highest BCUT2D eigenvalue weighted by Crippen LogP contribution is 2.44. The van der Waals surface area contributed by atoms with Crippen molar-refractivity contribution in [1.82, 2.24) is 4.90 Å². The molecule has 3 rings (SSSR count). The molecule has 0 aromatic carbocycles. The molecule has 0 amide bonds. The summed E-state index contributed by atoms with van der Waals surface area (Å²) in [7, 11) is 0. The zero-order chi connectivity index (χ0) is 9.38. The van der Waals surface area contributed by atoms with Crippen LogP contribution in [0, 0.1) is 11.8 Å². The number of rotatable bonds is 1. The molecule has 80 valence electrons. The lowest BCUT2D eigenvalue weighted by Crippen LogP contribution is -2.30. The average Bonchev–Trinajstić information content (AvgIpc) is 2.86. The Bertz CT molecular complexity index is 181. The van der Waals surface area contributed by atoms with Crippen LogP contribution in [0.3, 0.4) is 0 Å². The Kier molecular flexibility index (Phi) is 2.53. The molecule has 0 spiro atoms. The first-order valence-electron chi connectivity index (χ1n) is 6.67. The molecule has 0 bridgehead atoms. The second-order valence-corrected chi connectivity index (χ2v) is 5.67. The molecule has 1 saturated heterocycles. The number of likely N-dealkylation sites (tertiary alicyclic amines) is 1. The van der Waals surface area contributed by atoms with E-state index in [9.17, 15) is 0 Å². The van der Waals surface area contributed by atoms with Gasteiger partial charge in [-0.3, -0.25) is 0 Å². The van der Waals surface area contributed by atoms with Crippen LogP contribution in [0.2, 0.25) is 0 Å². The van der Waals surface area contributed by atoms with Gasteiger partial charge in [-0.1, -0.05) is 25.7 Å². The number of hydrogen-bond acceptors (Lipinski definition) is 1. The molecule has 1 heterocycles. The quantitative estimate of drug-likeness (QED) is 0.618. The molecular formula is C13H23N.